The van der Waals surface area contributed by atoms with Gasteiger partial charge < -0.3 is 5.11 Å². The first-order valence-corrected chi connectivity index (χ1v) is 9.91. The highest BCUT2D eigenvalue weighted by atomic mass is 16.3. The summed E-state index contributed by atoms with van der Waals surface area (Å²) in [6.07, 6.45) is 4.72. The second-order valence-corrected chi connectivity index (χ2v) is 8.81. The van der Waals surface area contributed by atoms with Crippen LogP contribution in [0, 0.1) is 5.41 Å². The number of aromatic nitrogens is 1. The first kappa shape index (κ1) is 17.4. The van der Waals surface area contributed by atoms with Crippen molar-refractivity contribution in [2.24, 2.45) is 5.41 Å². The predicted octanol–water partition coefficient (Wildman–Crippen LogP) is 5.06. The Bertz CT molecular complexity index is 910. The van der Waals surface area contributed by atoms with Crippen molar-refractivity contribution in [1.29, 1.82) is 0 Å². The van der Waals surface area contributed by atoms with Gasteiger partial charge in [0.2, 0.25) is 0 Å². The van der Waals surface area contributed by atoms with Crippen LogP contribution in [0.15, 0.2) is 35.1 Å². The van der Waals surface area contributed by atoms with Gasteiger partial charge in [-0.3, -0.25) is 9.36 Å². The van der Waals surface area contributed by atoms with Crippen molar-refractivity contribution in [3.8, 4) is 11.4 Å². The predicted molar refractivity (Wildman–Crippen MR) is 105 cm³/mol. The number of benzene rings is 1. The van der Waals surface area contributed by atoms with Gasteiger partial charge in [0, 0.05) is 22.4 Å². The van der Waals surface area contributed by atoms with Gasteiger partial charge in [0.15, 0.2) is 0 Å². The van der Waals surface area contributed by atoms with Crippen molar-refractivity contribution in [2.45, 2.75) is 71.1 Å². The van der Waals surface area contributed by atoms with Crippen molar-refractivity contribution in [2.75, 3.05) is 0 Å². The summed E-state index contributed by atoms with van der Waals surface area (Å²) in [4.78, 5) is 13.5. The van der Waals surface area contributed by atoms with E-state index in [-0.39, 0.29) is 22.1 Å². The van der Waals surface area contributed by atoms with Gasteiger partial charge in [-0.05, 0) is 49.1 Å². The quantitative estimate of drug-likeness (QED) is 0.836. The van der Waals surface area contributed by atoms with Crippen molar-refractivity contribution in [1.82, 2.24) is 4.57 Å². The monoisotopic (exact) mass is 351 g/mol. The maximum absolute atomic E-state index is 13.5. The van der Waals surface area contributed by atoms with Crippen molar-refractivity contribution >= 4 is 0 Å². The number of hydrogen-bond donors (Lipinski definition) is 1. The molecule has 1 heterocycles. The molecular formula is C23H29NO2. The number of aromatic hydroxyl groups is 1. The van der Waals surface area contributed by atoms with Crippen LogP contribution in [-0.2, 0) is 11.8 Å². The summed E-state index contributed by atoms with van der Waals surface area (Å²) in [5.74, 6) is 0.602. The lowest BCUT2D eigenvalue weighted by Crippen LogP contribution is -2.37. The highest BCUT2D eigenvalue weighted by molar-refractivity contribution is 5.58. The van der Waals surface area contributed by atoms with Crippen molar-refractivity contribution in [3.63, 3.8) is 0 Å². The van der Waals surface area contributed by atoms with E-state index in [1.807, 2.05) is 34.9 Å². The molecular weight excluding hydrogens is 322 g/mol. The lowest BCUT2D eigenvalue weighted by atomic mass is 9.70. The number of fused-ring (bicyclic) bond motifs is 5. The maximum Gasteiger partial charge on any atom is 0.262 e. The van der Waals surface area contributed by atoms with Gasteiger partial charge in [-0.1, -0.05) is 52.3 Å². The Morgan fingerprint density at radius 2 is 1.88 bits per heavy atom. The number of nitrogens with zero attached hydrogens (tertiary/aromatic N) is 1. The fourth-order valence-corrected chi connectivity index (χ4v) is 5.44. The minimum absolute atomic E-state index is 0.0366. The molecule has 26 heavy (non-hydrogen) atoms. The molecule has 3 nitrogen and oxygen atoms in total. The Balaban J connectivity index is 2.09. The lowest BCUT2D eigenvalue weighted by Gasteiger charge is -2.36. The molecule has 0 amide bonds. The van der Waals surface area contributed by atoms with Crippen LogP contribution in [0.1, 0.15) is 76.1 Å². The molecule has 0 radical (unpaired) electrons. The van der Waals surface area contributed by atoms with E-state index in [2.05, 4.69) is 27.7 Å². The molecule has 138 valence electrons. The third kappa shape index (κ3) is 2.03. The molecule has 2 atom stereocenters. The average Bonchev–Trinajstić information content (AvgIpc) is 2.95. The van der Waals surface area contributed by atoms with Crippen LogP contribution >= 0.6 is 0 Å². The lowest BCUT2D eigenvalue weighted by molar-refractivity contribution is 0.224. The zero-order valence-electron chi connectivity index (χ0n) is 16.3. The number of para-hydroxylation sites is 1. The van der Waals surface area contributed by atoms with Crippen LogP contribution in [0.25, 0.3) is 5.69 Å². The van der Waals surface area contributed by atoms with Crippen LogP contribution < -0.4 is 5.56 Å². The van der Waals surface area contributed by atoms with E-state index in [0.29, 0.717) is 17.9 Å². The molecule has 0 unspecified atom stereocenters. The van der Waals surface area contributed by atoms with Gasteiger partial charge >= 0.3 is 0 Å². The fraction of sp³-hybridized carbons (Fsp3) is 0.522. The van der Waals surface area contributed by atoms with E-state index in [1.165, 1.54) is 0 Å². The molecule has 4 rings (SSSR count). The number of unbranched alkanes of at least 4 members (excludes halogenated alkanes) is 1. The zero-order chi connectivity index (χ0) is 18.7. The topological polar surface area (TPSA) is 42.2 Å². The smallest absolute Gasteiger partial charge is 0.262 e. The van der Waals surface area contributed by atoms with Gasteiger partial charge in [0.05, 0.1) is 5.56 Å². The Hall–Kier alpha value is -2.03. The fourth-order valence-electron chi connectivity index (χ4n) is 5.44. The summed E-state index contributed by atoms with van der Waals surface area (Å²) in [6.45, 7) is 9.00. The van der Waals surface area contributed by atoms with Gasteiger partial charge in [-0.25, -0.2) is 0 Å². The number of hydrogen-bond acceptors (Lipinski definition) is 2. The summed E-state index contributed by atoms with van der Waals surface area (Å²) < 4.78 is 1.92. The van der Waals surface area contributed by atoms with E-state index in [9.17, 15) is 9.90 Å². The molecule has 1 N–H and O–H groups in total. The SMILES string of the molecule is CCCCc1c(O)c2c(n(-c3ccccc3)c1=O)[C@@]1(C)CC[C@H]2C1(C)C. The molecule has 2 aromatic rings. The molecule has 2 bridgehead atoms. The van der Waals surface area contributed by atoms with Gasteiger partial charge in [0.25, 0.3) is 5.56 Å². The molecule has 1 aromatic carbocycles. The molecule has 0 aliphatic heterocycles. The first-order chi connectivity index (χ1) is 12.3. The second-order valence-electron chi connectivity index (χ2n) is 8.81. The van der Waals surface area contributed by atoms with Crippen LogP contribution in [0.5, 0.6) is 5.75 Å². The van der Waals surface area contributed by atoms with E-state index < -0.39 is 0 Å². The molecule has 1 aromatic heterocycles. The molecule has 1 saturated carbocycles. The van der Waals surface area contributed by atoms with Crippen LogP contribution in [0.4, 0.5) is 0 Å². The summed E-state index contributed by atoms with van der Waals surface area (Å²) in [5, 5.41) is 11.1. The molecule has 2 aliphatic rings. The minimum atomic E-state index is -0.0945. The highest BCUT2D eigenvalue weighted by Gasteiger charge is 2.62. The Labute approximate surface area is 155 Å². The largest absolute Gasteiger partial charge is 0.507 e. The Morgan fingerprint density at radius 3 is 2.54 bits per heavy atom. The zero-order valence-corrected chi connectivity index (χ0v) is 16.3. The third-order valence-electron chi connectivity index (χ3n) is 7.37. The number of pyridine rings is 1. The average molecular weight is 351 g/mol. The molecule has 2 aliphatic carbocycles. The highest BCUT2D eigenvalue weighted by Crippen LogP contribution is 2.69. The summed E-state index contributed by atoms with van der Waals surface area (Å²) in [6, 6.07) is 9.95. The number of rotatable bonds is 4. The summed E-state index contributed by atoms with van der Waals surface area (Å²) in [5.41, 5.74) is 3.51. The van der Waals surface area contributed by atoms with E-state index in [0.717, 1.165) is 42.6 Å². The summed E-state index contributed by atoms with van der Waals surface area (Å²) in [7, 11) is 0. The van der Waals surface area contributed by atoms with Gasteiger partial charge in [0.1, 0.15) is 5.75 Å². The molecule has 0 spiro atoms. The Kier molecular flexibility index (Phi) is 3.83. The van der Waals surface area contributed by atoms with Gasteiger partial charge in [-0.2, -0.15) is 0 Å². The third-order valence-corrected chi connectivity index (χ3v) is 7.37. The van der Waals surface area contributed by atoms with Crippen LogP contribution in [-0.4, -0.2) is 9.67 Å². The molecule has 1 fully saturated rings. The van der Waals surface area contributed by atoms with E-state index >= 15 is 0 Å². The minimum Gasteiger partial charge on any atom is -0.507 e. The maximum atomic E-state index is 13.5. The Morgan fingerprint density at radius 1 is 1.19 bits per heavy atom. The van der Waals surface area contributed by atoms with Gasteiger partial charge in [-0.15, -0.1) is 0 Å². The summed E-state index contributed by atoms with van der Waals surface area (Å²) >= 11 is 0. The van der Waals surface area contributed by atoms with E-state index in [4.69, 9.17) is 0 Å². The van der Waals surface area contributed by atoms with Crippen molar-refractivity contribution < 1.29 is 5.11 Å². The van der Waals surface area contributed by atoms with Crippen LogP contribution in [0.2, 0.25) is 0 Å². The normalized spacial score (nSPS) is 25.5. The van der Waals surface area contributed by atoms with Crippen LogP contribution in [0.3, 0.4) is 0 Å². The molecule has 0 saturated heterocycles. The van der Waals surface area contributed by atoms with Crippen molar-refractivity contribution in [3.05, 3.63) is 57.5 Å². The first-order valence-electron chi connectivity index (χ1n) is 9.91. The second kappa shape index (κ2) is 5.73. The van der Waals surface area contributed by atoms with E-state index in [1.54, 1.807) is 0 Å². The molecule has 3 heteroatoms. The standard InChI is InChI=1S/C23H29NO2/c1-5-6-12-16-19(25)18-17-13-14-23(4,22(17,2)3)20(18)24(21(16)26)15-10-8-7-9-11-15/h7-11,17,25H,5-6,12-14H2,1-4H3/t17-,23-/m1/s1.